The van der Waals surface area contributed by atoms with E-state index in [0.717, 1.165) is 16.1 Å². The van der Waals surface area contributed by atoms with E-state index in [4.69, 9.17) is 11.6 Å². The Morgan fingerprint density at radius 2 is 1.73 bits per heavy atom. The predicted molar refractivity (Wildman–Crippen MR) is 65.5 cm³/mol. The second kappa shape index (κ2) is 4.37. The third-order valence-corrected chi connectivity index (χ3v) is 3.20. The Morgan fingerprint density at radius 3 is 2.33 bits per heavy atom. The van der Waals surface area contributed by atoms with Gasteiger partial charge < -0.3 is 0 Å². The number of hydrogen-bond donors (Lipinski definition) is 0. The molecule has 0 fully saturated rings. The van der Waals surface area contributed by atoms with Crippen molar-refractivity contribution in [2.45, 2.75) is 24.1 Å². The summed E-state index contributed by atoms with van der Waals surface area (Å²) in [5, 5.41) is 1.76. The molecular weight excluding hydrogens is 228 g/mol. The van der Waals surface area contributed by atoms with Crippen molar-refractivity contribution in [3.8, 4) is 0 Å². The van der Waals surface area contributed by atoms with E-state index in [1.54, 1.807) is 11.8 Å². The van der Waals surface area contributed by atoms with Crippen molar-refractivity contribution in [2.75, 3.05) is 0 Å². The van der Waals surface area contributed by atoms with E-state index in [1.807, 2.05) is 24.3 Å². The van der Waals surface area contributed by atoms with Gasteiger partial charge in [-0.2, -0.15) is 0 Å². The summed E-state index contributed by atoms with van der Waals surface area (Å²) in [5.74, 6) is 0. The van der Waals surface area contributed by atoms with Crippen molar-refractivity contribution in [3.05, 3.63) is 29.4 Å². The van der Waals surface area contributed by atoms with Gasteiger partial charge in [0.1, 0.15) is 5.03 Å². The molecule has 0 aliphatic rings. The maximum atomic E-state index is 6.05. The van der Waals surface area contributed by atoms with Crippen LogP contribution in [0.3, 0.4) is 0 Å². The highest BCUT2D eigenvalue weighted by molar-refractivity contribution is 7.99. The fraction of sp³-hybridized carbons (Fsp3) is 0.273. The summed E-state index contributed by atoms with van der Waals surface area (Å²) >= 11 is 7.69. The van der Waals surface area contributed by atoms with Gasteiger partial charge >= 0.3 is 0 Å². The minimum absolute atomic E-state index is 0.456. The molecule has 0 aliphatic carbocycles. The molecule has 0 unspecified atom stereocenters. The largest absolute Gasteiger partial charge is 0.237 e. The Morgan fingerprint density at radius 1 is 1.13 bits per heavy atom. The quantitative estimate of drug-likeness (QED) is 0.745. The maximum Gasteiger partial charge on any atom is 0.161 e. The SMILES string of the molecule is CC(C)Sc1nc2ccccc2nc1Cl. The molecule has 15 heavy (non-hydrogen) atoms. The molecule has 1 aromatic carbocycles. The first kappa shape index (κ1) is 10.7. The number of fused-ring (bicyclic) bond motifs is 1. The molecular formula is C11H11ClN2S. The first-order valence-electron chi connectivity index (χ1n) is 4.76. The molecule has 0 aliphatic heterocycles. The van der Waals surface area contributed by atoms with E-state index >= 15 is 0 Å². The van der Waals surface area contributed by atoms with Gasteiger partial charge in [-0.1, -0.05) is 37.6 Å². The highest BCUT2D eigenvalue weighted by atomic mass is 35.5. The number of hydrogen-bond acceptors (Lipinski definition) is 3. The lowest BCUT2D eigenvalue weighted by Gasteiger charge is -2.06. The average Bonchev–Trinajstić information content (AvgIpc) is 2.18. The van der Waals surface area contributed by atoms with Crippen LogP contribution in [0.15, 0.2) is 29.3 Å². The molecule has 1 heterocycles. The minimum Gasteiger partial charge on any atom is -0.237 e. The summed E-state index contributed by atoms with van der Waals surface area (Å²) in [6, 6.07) is 7.75. The Labute approximate surface area is 98.1 Å². The molecule has 2 aromatic rings. The lowest BCUT2D eigenvalue weighted by molar-refractivity contribution is 1.07. The Hall–Kier alpha value is -0.800. The van der Waals surface area contributed by atoms with Crippen LogP contribution in [0, 0.1) is 0 Å². The molecule has 0 amide bonds. The smallest absolute Gasteiger partial charge is 0.161 e. The fourth-order valence-corrected chi connectivity index (χ4v) is 2.27. The molecule has 0 spiro atoms. The van der Waals surface area contributed by atoms with Gasteiger partial charge in [0.25, 0.3) is 0 Å². The van der Waals surface area contributed by atoms with E-state index < -0.39 is 0 Å². The zero-order valence-corrected chi connectivity index (χ0v) is 10.1. The van der Waals surface area contributed by atoms with Crippen LogP contribution in [-0.2, 0) is 0 Å². The molecule has 0 atom stereocenters. The first-order chi connectivity index (χ1) is 7.16. The van der Waals surface area contributed by atoms with Gasteiger partial charge in [-0.3, -0.25) is 0 Å². The summed E-state index contributed by atoms with van der Waals surface area (Å²) in [4.78, 5) is 8.79. The second-order valence-electron chi connectivity index (χ2n) is 3.47. The normalized spacial score (nSPS) is 11.2. The highest BCUT2D eigenvalue weighted by Crippen LogP contribution is 2.28. The maximum absolute atomic E-state index is 6.05. The van der Waals surface area contributed by atoms with E-state index in [-0.39, 0.29) is 0 Å². The summed E-state index contributed by atoms with van der Waals surface area (Å²) in [5.41, 5.74) is 1.74. The number of nitrogens with zero attached hydrogens (tertiary/aromatic N) is 2. The fourth-order valence-electron chi connectivity index (χ4n) is 1.26. The zero-order chi connectivity index (χ0) is 10.8. The topological polar surface area (TPSA) is 25.8 Å². The number of aromatic nitrogens is 2. The molecule has 4 heteroatoms. The van der Waals surface area contributed by atoms with Gasteiger partial charge in [0, 0.05) is 5.25 Å². The number of benzene rings is 1. The number of para-hydroxylation sites is 2. The third-order valence-electron chi connectivity index (χ3n) is 1.85. The molecule has 78 valence electrons. The average molecular weight is 239 g/mol. The highest BCUT2D eigenvalue weighted by Gasteiger charge is 2.08. The molecule has 0 saturated carbocycles. The van der Waals surface area contributed by atoms with Crippen molar-refractivity contribution >= 4 is 34.4 Å². The van der Waals surface area contributed by atoms with Crippen molar-refractivity contribution in [1.29, 1.82) is 0 Å². The molecule has 2 rings (SSSR count). The van der Waals surface area contributed by atoms with Crippen LogP contribution >= 0.6 is 23.4 Å². The lowest BCUT2D eigenvalue weighted by atomic mass is 10.3. The van der Waals surface area contributed by atoms with E-state index in [9.17, 15) is 0 Å². The van der Waals surface area contributed by atoms with Gasteiger partial charge in [-0.25, -0.2) is 9.97 Å². The van der Waals surface area contributed by atoms with Crippen molar-refractivity contribution in [1.82, 2.24) is 9.97 Å². The van der Waals surface area contributed by atoms with Crippen molar-refractivity contribution in [3.63, 3.8) is 0 Å². The molecule has 1 aromatic heterocycles. The number of thioether (sulfide) groups is 1. The lowest BCUT2D eigenvalue weighted by Crippen LogP contribution is -1.93. The van der Waals surface area contributed by atoms with E-state index in [2.05, 4.69) is 23.8 Å². The predicted octanol–water partition coefficient (Wildman–Crippen LogP) is 3.78. The summed E-state index contributed by atoms with van der Waals surface area (Å²) in [6.45, 7) is 4.22. The van der Waals surface area contributed by atoms with Crippen LogP contribution in [0.25, 0.3) is 11.0 Å². The Bertz CT molecular complexity index is 485. The van der Waals surface area contributed by atoms with Crippen LogP contribution in [0.5, 0.6) is 0 Å². The number of halogens is 1. The molecule has 2 nitrogen and oxygen atoms in total. The Balaban J connectivity index is 2.52. The van der Waals surface area contributed by atoms with Crippen LogP contribution in [0.4, 0.5) is 0 Å². The second-order valence-corrected chi connectivity index (χ2v) is 5.40. The molecule has 0 bridgehead atoms. The number of rotatable bonds is 2. The van der Waals surface area contributed by atoms with Crippen LogP contribution in [-0.4, -0.2) is 15.2 Å². The monoisotopic (exact) mass is 238 g/mol. The summed E-state index contributed by atoms with van der Waals surface area (Å²) in [6.07, 6.45) is 0. The summed E-state index contributed by atoms with van der Waals surface area (Å²) < 4.78 is 0. The standard InChI is InChI=1S/C11H11ClN2S/c1-7(2)15-11-10(12)13-8-5-3-4-6-9(8)14-11/h3-7H,1-2H3. The molecule has 0 saturated heterocycles. The molecule has 0 N–H and O–H groups in total. The van der Waals surface area contributed by atoms with Crippen LogP contribution in [0.1, 0.15) is 13.8 Å². The Kier molecular flexibility index (Phi) is 3.12. The molecule has 0 radical (unpaired) electrons. The van der Waals surface area contributed by atoms with Gasteiger partial charge in [0.05, 0.1) is 11.0 Å². The van der Waals surface area contributed by atoms with Gasteiger partial charge in [0.15, 0.2) is 5.15 Å². The van der Waals surface area contributed by atoms with Crippen molar-refractivity contribution < 1.29 is 0 Å². The van der Waals surface area contributed by atoms with Gasteiger partial charge in [-0.05, 0) is 12.1 Å². The minimum atomic E-state index is 0.456. The van der Waals surface area contributed by atoms with Crippen molar-refractivity contribution in [2.24, 2.45) is 0 Å². The van der Waals surface area contributed by atoms with Gasteiger partial charge in [-0.15, -0.1) is 11.8 Å². The zero-order valence-electron chi connectivity index (χ0n) is 8.57. The van der Waals surface area contributed by atoms with Crippen LogP contribution in [0.2, 0.25) is 5.15 Å². The van der Waals surface area contributed by atoms with E-state index in [1.165, 1.54) is 0 Å². The van der Waals surface area contributed by atoms with Crippen LogP contribution < -0.4 is 0 Å². The third kappa shape index (κ3) is 2.41. The summed E-state index contributed by atoms with van der Waals surface area (Å²) in [7, 11) is 0. The first-order valence-corrected chi connectivity index (χ1v) is 6.01. The van der Waals surface area contributed by atoms with E-state index in [0.29, 0.717) is 10.4 Å². The van der Waals surface area contributed by atoms with Gasteiger partial charge in [0.2, 0.25) is 0 Å².